The largest absolute Gasteiger partial charge is 0.357 e. The molecule has 1 aliphatic rings. The van der Waals surface area contributed by atoms with Crippen molar-refractivity contribution < 1.29 is 4.39 Å². The summed E-state index contributed by atoms with van der Waals surface area (Å²) in [6, 6.07) is 7.08. The molecule has 0 aromatic heterocycles. The molecule has 1 aromatic carbocycles. The lowest BCUT2D eigenvalue weighted by molar-refractivity contribution is 0.572. The summed E-state index contributed by atoms with van der Waals surface area (Å²) in [5.41, 5.74) is 0.731. The fourth-order valence-electron chi connectivity index (χ4n) is 2.37. The van der Waals surface area contributed by atoms with E-state index in [4.69, 9.17) is 0 Å². The molecule has 1 fully saturated rings. The van der Waals surface area contributed by atoms with Crippen molar-refractivity contribution in [2.45, 2.75) is 38.5 Å². The fraction of sp³-hybridized carbons (Fsp3) is 0.562. The van der Waals surface area contributed by atoms with Gasteiger partial charge in [-0.25, -0.2) is 4.39 Å². The third kappa shape index (κ3) is 3.50. The molecule has 1 saturated carbocycles. The first-order valence-corrected chi connectivity index (χ1v) is 7.49. The molecule has 0 atom stereocenters. The van der Waals surface area contributed by atoms with Crippen molar-refractivity contribution in [3.05, 3.63) is 35.6 Å². The maximum Gasteiger partial charge on any atom is 0.191 e. The predicted octanol–water partition coefficient (Wildman–Crippen LogP) is 2.82. The predicted molar refractivity (Wildman–Crippen MR) is 81.6 cm³/mol. The van der Waals surface area contributed by atoms with Crippen molar-refractivity contribution in [3.8, 4) is 0 Å². The van der Waals surface area contributed by atoms with E-state index in [2.05, 4.69) is 22.5 Å². The minimum atomic E-state index is -0.105. The lowest BCUT2D eigenvalue weighted by atomic mass is 9.95. The standard InChI is InChI=1S/C16H24FN3/c1-3-11-19-15(18-4-2)20-12-16(9-10-16)13-7-5-6-8-14(13)17/h5-8H,3-4,9-12H2,1-2H3,(H2,18,19,20). The van der Waals surface area contributed by atoms with Crippen molar-refractivity contribution in [2.24, 2.45) is 4.99 Å². The van der Waals surface area contributed by atoms with Gasteiger partial charge >= 0.3 is 0 Å². The van der Waals surface area contributed by atoms with Gasteiger partial charge in [0.15, 0.2) is 5.96 Å². The molecule has 0 spiro atoms. The minimum Gasteiger partial charge on any atom is -0.357 e. The van der Waals surface area contributed by atoms with Gasteiger partial charge in [0, 0.05) is 18.5 Å². The second-order valence-corrected chi connectivity index (χ2v) is 5.38. The Labute approximate surface area is 120 Å². The molecule has 110 valence electrons. The van der Waals surface area contributed by atoms with Gasteiger partial charge < -0.3 is 10.6 Å². The maximum absolute atomic E-state index is 13.9. The Kier molecular flexibility index (Phi) is 4.99. The van der Waals surface area contributed by atoms with Crippen LogP contribution in [0.4, 0.5) is 4.39 Å². The molecule has 0 bridgehead atoms. The Morgan fingerprint density at radius 3 is 2.60 bits per heavy atom. The molecule has 20 heavy (non-hydrogen) atoms. The molecule has 4 heteroatoms. The zero-order valence-electron chi connectivity index (χ0n) is 12.4. The highest BCUT2D eigenvalue weighted by atomic mass is 19.1. The number of halogens is 1. The second kappa shape index (κ2) is 6.73. The summed E-state index contributed by atoms with van der Waals surface area (Å²) in [6.45, 7) is 6.55. The number of guanidine groups is 1. The smallest absolute Gasteiger partial charge is 0.191 e. The average molecular weight is 277 g/mol. The molecule has 2 rings (SSSR count). The van der Waals surface area contributed by atoms with Crippen LogP contribution >= 0.6 is 0 Å². The number of rotatable bonds is 6. The van der Waals surface area contributed by atoms with E-state index in [0.717, 1.165) is 43.9 Å². The monoisotopic (exact) mass is 277 g/mol. The van der Waals surface area contributed by atoms with Gasteiger partial charge in [-0.15, -0.1) is 0 Å². The Morgan fingerprint density at radius 1 is 1.25 bits per heavy atom. The van der Waals surface area contributed by atoms with Crippen molar-refractivity contribution in [3.63, 3.8) is 0 Å². The van der Waals surface area contributed by atoms with E-state index in [0.29, 0.717) is 6.54 Å². The van der Waals surface area contributed by atoms with Gasteiger partial charge in [-0.3, -0.25) is 4.99 Å². The molecule has 0 radical (unpaired) electrons. The minimum absolute atomic E-state index is 0.0834. The number of aliphatic imine (C=N–C) groups is 1. The van der Waals surface area contributed by atoms with Gasteiger partial charge in [-0.05, 0) is 37.8 Å². The van der Waals surface area contributed by atoms with E-state index >= 15 is 0 Å². The van der Waals surface area contributed by atoms with Crippen LogP contribution < -0.4 is 10.6 Å². The molecule has 1 aliphatic carbocycles. The first-order valence-electron chi connectivity index (χ1n) is 7.49. The number of nitrogens with zero attached hydrogens (tertiary/aromatic N) is 1. The molecule has 0 unspecified atom stereocenters. The summed E-state index contributed by atoms with van der Waals surface area (Å²) < 4.78 is 13.9. The molecular formula is C16H24FN3. The van der Waals surface area contributed by atoms with Crippen LogP contribution in [0.3, 0.4) is 0 Å². The summed E-state index contributed by atoms with van der Waals surface area (Å²) in [4.78, 5) is 4.63. The molecule has 3 nitrogen and oxygen atoms in total. The highest BCUT2D eigenvalue weighted by molar-refractivity contribution is 5.79. The number of nitrogens with one attached hydrogen (secondary N) is 2. The van der Waals surface area contributed by atoms with Crippen LogP contribution in [-0.2, 0) is 5.41 Å². The van der Waals surface area contributed by atoms with Crippen LogP contribution in [0.5, 0.6) is 0 Å². The van der Waals surface area contributed by atoms with Crippen LogP contribution in [0.25, 0.3) is 0 Å². The summed E-state index contributed by atoms with van der Waals surface area (Å²) in [7, 11) is 0. The third-order valence-electron chi connectivity index (χ3n) is 3.73. The van der Waals surface area contributed by atoms with Crippen LogP contribution in [0, 0.1) is 5.82 Å². The SMILES string of the molecule is CCCNC(=NCC1(c2ccccc2F)CC1)NCC. The molecule has 1 aromatic rings. The van der Waals surface area contributed by atoms with Crippen LogP contribution in [-0.4, -0.2) is 25.6 Å². The van der Waals surface area contributed by atoms with E-state index in [1.165, 1.54) is 0 Å². The molecule has 0 amide bonds. The van der Waals surface area contributed by atoms with Crippen LogP contribution in [0.1, 0.15) is 38.7 Å². The Bertz CT molecular complexity index is 467. The van der Waals surface area contributed by atoms with E-state index in [-0.39, 0.29) is 11.2 Å². The first-order chi connectivity index (χ1) is 9.72. The van der Waals surface area contributed by atoms with Crippen molar-refractivity contribution >= 4 is 5.96 Å². The van der Waals surface area contributed by atoms with E-state index < -0.39 is 0 Å². The maximum atomic E-state index is 13.9. The molecular weight excluding hydrogens is 253 g/mol. The number of hydrogen-bond donors (Lipinski definition) is 2. The summed E-state index contributed by atoms with van der Waals surface area (Å²) in [6.07, 6.45) is 3.10. The number of hydrogen-bond acceptors (Lipinski definition) is 1. The van der Waals surface area contributed by atoms with E-state index in [1.54, 1.807) is 12.1 Å². The second-order valence-electron chi connectivity index (χ2n) is 5.38. The zero-order valence-corrected chi connectivity index (χ0v) is 12.4. The summed E-state index contributed by atoms with van der Waals surface area (Å²) in [5, 5.41) is 6.51. The lowest BCUT2D eigenvalue weighted by Gasteiger charge is -2.16. The third-order valence-corrected chi connectivity index (χ3v) is 3.73. The molecule has 0 saturated heterocycles. The van der Waals surface area contributed by atoms with E-state index in [1.807, 2.05) is 19.1 Å². The molecule has 2 N–H and O–H groups in total. The summed E-state index contributed by atoms with van der Waals surface area (Å²) in [5.74, 6) is 0.726. The molecule has 0 aliphatic heterocycles. The van der Waals surface area contributed by atoms with E-state index in [9.17, 15) is 4.39 Å². The van der Waals surface area contributed by atoms with Gasteiger partial charge in [0.25, 0.3) is 0 Å². The van der Waals surface area contributed by atoms with Crippen molar-refractivity contribution in [1.82, 2.24) is 10.6 Å². The zero-order chi connectivity index (χ0) is 14.4. The van der Waals surface area contributed by atoms with Gasteiger partial charge in [-0.1, -0.05) is 25.1 Å². The van der Waals surface area contributed by atoms with Crippen molar-refractivity contribution in [1.29, 1.82) is 0 Å². The lowest BCUT2D eigenvalue weighted by Crippen LogP contribution is -2.38. The van der Waals surface area contributed by atoms with Crippen molar-refractivity contribution in [2.75, 3.05) is 19.6 Å². The highest BCUT2D eigenvalue weighted by Gasteiger charge is 2.45. The highest BCUT2D eigenvalue weighted by Crippen LogP contribution is 2.49. The first kappa shape index (κ1) is 14.8. The Hall–Kier alpha value is -1.58. The number of benzene rings is 1. The fourth-order valence-corrected chi connectivity index (χ4v) is 2.37. The van der Waals surface area contributed by atoms with Gasteiger partial charge in [0.05, 0.1) is 6.54 Å². The van der Waals surface area contributed by atoms with Crippen LogP contribution in [0.2, 0.25) is 0 Å². The summed E-state index contributed by atoms with van der Waals surface area (Å²) >= 11 is 0. The quantitative estimate of drug-likeness (QED) is 0.619. The average Bonchev–Trinajstić information content (AvgIpc) is 3.23. The Balaban J connectivity index is 2.06. The Morgan fingerprint density at radius 2 is 2.00 bits per heavy atom. The van der Waals surface area contributed by atoms with Gasteiger partial charge in [0.2, 0.25) is 0 Å². The topological polar surface area (TPSA) is 36.4 Å². The van der Waals surface area contributed by atoms with Gasteiger partial charge in [-0.2, -0.15) is 0 Å². The normalized spacial score (nSPS) is 16.9. The molecule has 0 heterocycles. The van der Waals surface area contributed by atoms with Crippen LogP contribution in [0.15, 0.2) is 29.3 Å². The van der Waals surface area contributed by atoms with Gasteiger partial charge in [0.1, 0.15) is 5.82 Å².